The van der Waals surface area contributed by atoms with Crippen LogP contribution < -0.4 is 4.73 Å². The van der Waals surface area contributed by atoms with Gasteiger partial charge in [0.15, 0.2) is 6.20 Å². The summed E-state index contributed by atoms with van der Waals surface area (Å²) >= 11 is 1.19. The Morgan fingerprint density at radius 3 is 3.00 bits per heavy atom. The number of hydrogen-bond donors (Lipinski definition) is 0. The van der Waals surface area contributed by atoms with Gasteiger partial charge in [-0.05, 0) is 31.7 Å². The summed E-state index contributed by atoms with van der Waals surface area (Å²) in [5, 5.41) is 11.4. The fourth-order valence-electron chi connectivity index (χ4n) is 0.993. The molecule has 0 fully saturated rings. The third kappa shape index (κ3) is 3.43. The number of pyridine rings is 1. The van der Waals surface area contributed by atoms with Crippen LogP contribution in [-0.2, 0) is 9.53 Å². The Labute approximate surface area is 92.8 Å². The van der Waals surface area contributed by atoms with E-state index in [1.807, 2.05) is 0 Å². The number of rotatable bonds is 4. The SMILES string of the molecule is CCOC(=O)[C@@H](C)Sc1cccc[n+]1[O-]. The van der Waals surface area contributed by atoms with Crippen LogP contribution in [0.15, 0.2) is 29.4 Å². The first-order valence-electron chi connectivity index (χ1n) is 4.66. The molecule has 0 amide bonds. The zero-order valence-corrected chi connectivity index (χ0v) is 9.49. The van der Waals surface area contributed by atoms with Crippen molar-refractivity contribution in [1.82, 2.24) is 0 Å². The van der Waals surface area contributed by atoms with E-state index in [1.54, 1.807) is 32.0 Å². The highest BCUT2D eigenvalue weighted by Gasteiger charge is 2.19. The average Bonchev–Trinajstić information content (AvgIpc) is 2.21. The maximum atomic E-state index is 11.3. The number of hydrogen-bond acceptors (Lipinski definition) is 4. The van der Waals surface area contributed by atoms with Crippen LogP contribution in [0.4, 0.5) is 0 Å². The van der Waals surface area contributed by atoms with E-state index in [0.717, 1.165) is 4.73 Å². The summed E-state index contributed by atoms with van der Waals surface area (Å²) < 4.78 is 5.58. The van der Waals surface area contributed by atoms with E-state index in [-0.39, 0.29) is 11.2 Å². The minimum Gasteiger partial charge on any atom is -0.618 e. The highest BCUT2D eigenvalue weighted by molar-refractivity contribution is 8.00. The molecule has 1 atom stereocenters. The minimum absolute atomic E-state index is 0.300. The van der Waals surface area contributed by atoms with Gasteiger partial charge in [-0.15, -0.1) is 0 Å². The predicted molar refractivity (Wildman–Crippen MR) is 57.4 cm³/mol. The van der Waals surface area contributed by atoms with Gasteiger partial charge in [0.25, 0.3) is 5.03 Å². The average molecular weight is 227 g/mol. The second kappa shape index (κ2) is 5.60. The molecule has 0 aromatic carbocycles. The number of thioether (sulfide) groups is 1. The van der Waals surface area contributed by atoms with Gasteiger partial charge >= 0.3 is 5.97 Å². The van der Waals surface area contributed by atoms with Crippen molar-refractivity contribution in [3.63, 3.8) is 0 Å². The predicted octanol–water partition coefficient (Wildman–Crippen LogP) is 1.36. The minimum atomic E-state index is -0.368. The monoisotopic (exact) mass is 227 g/mol. The van der Waals surface area contributed by atoms with Crippen LogP contribution in [0.2, 0.25) is 0 Å². The van der Waals surface area contributed by atoms with Crippen molar-refractivity contribution in [2.75, 3.05) is 6.61 Å². The lowest BCUT2D eigenvalue weighted by atomic mass is 10.5. The van der Waals surface area contributed by atoms with E-state index in [2.05, 4.69) is 0 Å². The molecule has 1 aromatic heterocycles. The van der Waals surface area contributed by atoms with E-state index in [1.165, 1.54) is 18.0 Å². The fourth-order valence-corrected chi connectivity index (χ4v) is 1.84. The molecule has 0 aliphatic rings. The lowest BCUT2D eigenvalue weighted by Crippen LogP contribution is -2.29. The third-order valence-electron chi connectivity index (χ3n) is 1.70. The number of carbonyl (C=O) groups excluding carboxylic acids is 1. The highest BCUT2D eigenvalue weighted by atomic mass is 32.2. The molecule has 1 rings (SSSR count). The fraction of sp³-hybridized carbons (Fsp3) is 0.400. The second-order valence-corrected chi connectivity index (χ2v) is 4.24. The second-order valence-electron chi connectivity index (χ2n) is 2.88. The highest BCUT2D eigenvalue weighted by Crippen LogP contribution is 2.20. The van der Waals surface area contributed by atoms with Crippen molar-refractivity contribution in [2.45, 2.75) is 24.1 Å². The maximum Gasteiger partial charge on any atom is 0.319 e. The molecule has 82 valence electrons. The van der Waals surface area contributed by atoms with Gasteiger partial charge in [-0.3, -0.25) is 4.79 Å². The first-order chi connectivity index (χ1) is 7.15. The van der Waals surface area contributed by atoms with Crippen LogP contribution in [0.5, 0.6) is 0 Å². The Kier molecular flexibility index (Phi) is 4.42. The molecule has 0 aliphatic heterocycles. The molecule has 0 unspecified atom stereocenters. The van der Waals surface area contributed by atoms with E-state index in [9.17, 15) is 10.0 Å². The number of aromatic nitrogens is 1. The van der Waals surface area contributed by atoms with Crippen molar-refractivity contribution in [2.24, 2.45) is 0 Å². The van der Waals surface area contributed by atoms with Crippen LogP contribution >= 0.6 is 11.8 Å². The molecule has 1 aromatic rings. The van der Waals surface area contributed by atoms with Crippen LogP contribution in [0, 0.1) is 5.21 Å². The number of carbonyl (C=O) groups is 1. The number of ether oxygens (including phenoxy) is 1. The van der Waals surface area contributed by atoms with Crippen molar-refractivity contribution in [3.8, 4) is 0 Å². The molecule has 0 saturated heterocycles. The van der Waals surface area contributed by atoms with Crippen LogP contribution in [-0.4, -0.2) is 17.8 Å². The Morgan fingerprint density at radius 1 is 1.67 bits per heavy atom. The molecule has 5 heteroatoms. The number of nitrogens with zero attached hydrogens (tertiary/aromatic N) is 1. The molecule has 0 aliphatic carbocycles. The molecule has 1 heterocycles. The zero-order chi connectivity index (χ0) is 11.3. The largest absolute Gasteiger partial charge is 0.618 e. The molecule has 0 saturated carbocycles. The van der Waals surface area contributed by atoms with Crippen LogP contribution in [0.25, 0.3) is 0 Å². The van der Waals surface area contributed by atoms with Gasteiger partial charge < -0.3 is 9.94 Å². The van der Waals surface area contributed by atoms with Gasteiger partial charge in [-0.25, -0.2) is 0 Å². The molecule has 0 bridgehead atoms. The zero-order valence-electron chi connectivity index (χ0n) is 8.67. The van der Waals surface area contributed by atoms with Gasteiger partial charge in [-0.1, -0.05) is 0 Å². The Morgan fingerprint density at radius 2 is 2.40 bits per heavy atom. The van der Waals surface area contributed by atoms with Gasteiger partial charge in [0.2, 0.25) is 0 Å². The smallest absolute Gasteiger partial charge is 0.319 e. The standard InChI is InChI=1S/C10H13NO3S/c1-3-14-10(12)8(2)15-9-6-4-5-7-11(9)13/h4-8H,3H2,1-2H3/t8-/m1/s1. The normalized spacial score (nSPS) is 12.1. The molecule has 4 nitrogen and oxygen atoms in total. The van der Waals surface area contributed by atoms with Crippen molar-refractivity contribution < 1.29 is 14.3 Å². The quantitative estimate of drug-likeness (QED) is 0.337. The molecular formula is C10H13NO3S. The van der Waals surface area contributed by atoms with E-state index >= 15 is 0 Å². The summed E-state index contributed by atoms with van der Waals surface area (Å²) in [7, 11) is 0. The Hall–Kier alpha value is -1.23. The maximum absolute atomic E-state index is 11.3. The topological polar surface area (TPSA) is 53.2 Å². The molecule has 15 heavy (non-hydrogen) atoms. The Bertz CT molecular complexity index is 343. The first-order valence-corrected chi connectivity index (χ1v) is 5.54. The summed E-state index contributed by atoms with van der Waals surface area (Å²) in [4.78, 5) is 11.3. The van der Waals surface area contributed by atoms with E-state index in [0.29, 0.717) is 11.6 Å². The molecule has 0 radical (unpaired) electrons. The van der Waals surface area contributed by atoms with Crippen molar-refractivity contribution >= 4 is 17.7 Å². The summed E-state index contributed by atoms with van der Waals surface area (Å²) in [5.74, 6) is -0.300. The first kappa shape index (κ1) is 11.8. The van der Waals surface area contributed by atoms with Crippen LogP contribution in [0.1, 0.15) is 13.8 Å². The van der Waals surface area contributed by atoms with Gasteiger partial charge in [0, 0.05) is 12.1 Å². The summed E-state index contributed by atoms with van der Waals surface area (Å²) in [6.45, 7) is 3.83. The van der Waals surface area contributed by atoms with Gasteiger partial charge in [-0.2, -0.15) is 4.73 Å². The Balaban J connectivity index is 2.62. The molecule has 0 N–H and O–H groups in total. The molecular weight excluding hydrogens is 214 g/mol. The summed E-state index contributed by atoms with van der Waals surface area (Å²) in [6.07, 6.45) is 1.40. The molecule has 0 spiro atoms. The van der Waals surface area contributed by atoms with Gasteiger partial charge in [0.05, 0.1) is 6.61 Å². The third-order valence-corrected chi connectivity index (χ3v) is 2.81. The summed E-state index contributed by atoms with van der Waals surface area (Å²) in [5.41, 5.74) is 0. The van der Waals surface area contributed by atoms with Crippen molar-refractivity contribution in [3.05, 3.63) is 29.6 Å². The lowest BCUT2D eigenvalue weighted by molar-refractivity contribution is -0.645. The van der Waals surface area contributed by atoms with Crippen molar-refractivity contribution in [1.29, 1.82) is 0 Å². The van der Waals surface area contributed by atoms with E-state index < -0.39 is 0 Å². The lowest BCUT2D eigenvalue weighted by Gasteiger charge is -2.09. The van der Waals surface area contributed by atoms with Gasteiger partial charge in [0.1, 0.15) is 5.25 Å². The van der Waals surface area contributed by atoms with Crippen LogP contribution in [0.3, 0.4) is 0 Å². The number of esters is 1. The van der Waals surface area contributed by atoms with E-state index in [4.69, 9.17) is 4.74 Å². The summed E-state index contributed by atoms with van der Waals surface area (Å²) in [6, 6.07) is 5.08.